The van der Waals surface area contributed by atoms with Gasteiger partial charge in [-0.25, -0.2) is 0 Å². The molecule has 1 amide bonds. The third kappa shape index (κ3) is 3.96. The van der Waals surface area contributed by atoms with Gasteiger partial charge in [0.05, 0.1) is 37.2 Å². The van der Waals surface area contributed by atoms with Gasteiger partial charge in [0, 0.05) is 38.0 Å². The summed E-state index contributed by atoms with van der Waals surface area (Å²) in [4.78, 5) is 12.3. The van der Waals surface area contributed by atoms with E-state index in [4.69, 9.17) is 4.74 Å². The van der Waals surface area contributed by atoms with E-state index >= 15 is 0 Å². The molecule has 0 unspecified atom stereocenters. The lowest BCUT2D eigenvalue weighted by molar-refractivity contribution is 0.0951. The molecule has 0 bridgehead atoms. The molecule has 2 aliphatic heterocycles. The third-order valence-electron chi connectivity index (χ3n) is 5.19. The van der Waals surface area contributed by atoms with Gasteiger partial charge in [0.1, 0.15) is 0 Å². The highest BCUT2D eigenvalue weighted by Gasteiger charge is 2.19. The van der Waals surface area contributed by atoms with E-state index in [0.29, 0.717) is 30.6 Å². The highest BCUT2D eigenvalue weighted by molar-refractivity contribution is 5.93. The summed E-state index contributed by atoms with van der Waals surface area (Å²) in [6, 6.07) is 0.340. The zero-order valence-corrected chi connectivity index (χ0v) is 14.9. The van der Waals surface area contributed by atoms with Crippen LogP contribution in [0.5, 0.6) is 0 Å². The zero-order valence-electron chi connectivity index (χ0n) is 14.9. The first-order valence-electron chi connectivity index (χ1n) is 9.43. The molecular formula is C18H26N6O2. The van der Waals surface area contributed by atoms with Gasteiger partial charge in [0.25, 0.3) is 5.91 Å². The Bertz CT molecular complexity index is 728. The SMILES string of the molecule is O=C(NCCn1cc([C@H]2CCOC2)cn1)c1cnn([C@H]2CCCNC2)c1. The van der Waals surface area contributed by atoms with Gasteiger partial charge >= 0.3 is 0 Å². The van der Waals surface area contributed by atoms with Crippen LogP contribution in [0.3, 0.4) is 0 Å². The topological polar surface area (TPSA) is 86.0 Å². The smallest absolute Gasteiger partial charge is 0.254 e. The maximum Gasteiger partial charge on any atom is 0.254 e. The molecule has 0 aliphatic carbocycles. The van der Waals surface area contributed by atoms with Crippen LogP contribution >= 0.6 is 0 Å². The number of piperidine rings is 1. The van der Waals surface area contributed by atoms with E-state index in [-0.39, 0.29) is 5.91 Å². The lowest BCUT2D eigenvalue weighted by Crippen LogP contribution is -2.32. The van der Waals surface area contributed by atoms with Gasteiger partial charge in [-0.05, 0) is 31.4 Å². The summed E-state index contributed by atoms with van der Waals surface area (Å²) in [5.74, 6) is 0.370. The quantitative estimate of drug-likeness (QED) is 0.803. The number of rotatable bonds is 6. The van der Waals surface area contributed by atoms with Crippen molar-refractivity contribution in [1.29, 1.82) is 0 Å². The Balaban J connectivity index is 1.25. The van der Waals surface area contributed by atoms with Crippen molar-refractivity contribution < 1.29 is 9.53 Å². The molecule has 4 heterocycles. The van der Waals surface area contributed by atoms with Crippen LogP contribution in [0, 0.1) is 0 Å². The fraction of sp³-hybridized carbons (Fsp3) is 0.611. The molecule has 140 valence electrons. The van der Waals surface area contributed by atoms with Gasteiger partial charge in [-0.3, -0.25) is 14.2 Å². The van der Waals surface area contributed by atoms with Crippen LogP contribution in [-0.2, 0) is 11.3 Å². The van der Waals surface area contributed by atoms with Crippen molar-refractivity contribution in [3.63, 3.8) is 0 Å². The van der Waals surface area contributed by atoms with Crippen LogP contribution < -0.4 is 10.6 Å². The molecule has 2 aliphatic rings. The predicted octanol–water partition coefficient (Wildman–Crippen LogP) is 0.938. The largest absolute Gasteiger partial charge is 0.381 e. The number of nitrogens with zero attached hydrogens (tertiary/aromatic N) is 4. The number of ether oxygens (including phenoxy) is 1. The fourth-order valence-corrected chi connectivity index (χ4v) is 3.61. The first kappa shape index (κ1) is 17.2. The Morgan fingerprint density at radius 3 is 3.08 bits per heavy atom. The van der Waals surface area contributed by atoms with Gasteiger partial charge in [-0.1, -0.05) is 0 Å². The number of nitrogens with one attached hydrogen (secondary N) is 2. The molecule has 2 aromatic rings. The van der Waals surface area contributed by atoms with Crippen molar-refractivity contribution in [3.05, 3.63) is 35.9 Å². The minimum absolute atomic E-state index is 0.0865. The van der Waals surface area contributed by atoms with E-state index in [1.807, 2.05) is 21.8 Å². The molecule has 4 rings (SSSR count). The zero-order chi connectivity index (χ0) is 17.8. The molecule has 0 saturated carbocycles. The minimum atomic E-state index is -0.0865. The maximum atomic E-state index is 12.3. The second-order valence-electron chi connectivity index (χ2n) is 7.06. The molecule has 2 fully saturated rings. The molecule has 26 heavy (non-hydrogen) atoms. The van der Waals surface area contributed by atoms with Gasteiger partial charge in [-0.2, -0.15) is 10.2 Å². The summed E-state index contributed by atoms with van der Waals surface area (Å²) in [5, 5.41) is 15.1. The van der Waals surface area contributed by atoms with Crippen molar-refractivity contribution in [2.75, 3.05) is 32.8 Å². The number of aromatic nitrogens is 4. The predicted molar refractivity (Wildman–Crippen MR) is 96.1 cm³/mol. The maximum absolute atomic E-state index is 12.3. The Morgan fingerprint density at radius 2 is 2.27 bits per heavy atom. The normalized spacial score (nSPS) is 23.2. The summed E-state index contributed by atoms with van der Waals surface area (Å²) in [6.07, 6.45) is 10.8. The molecule has 8 heteroatoms. The van der Waals surface area contributed by atoms with E-state index < -0.39 is 0 Å². The Labute approximate surface area is 152 Å². The Kier molecular flexibility index (Phi) is 5.31. The van der Waals surface area contributed by atoms with Gasteiger partial charge in [0.2, 0.25) is 0 Å². The molecule has 0 aromatic carbocycles. The summed E-state index contributed by atoms with van der Waals surface area (Å²) in [6.45, 7) is 4.78. The highest BCUT2D eigenvalue weighted by atomic mass is 16.5. The van der Waals surface area contributed by atoms with Crippen molar-refractivity contribution in [1.82, 2.24) is 30.2 Å². The van der Waals surface area contributed by atoms with Gasteiger partial charge in [0.15, 0.2) is 0 Å². The summed E-state index contributed by atoms with van der Waals surface area (Å²) in [7, 11) is 0. The second-order valence-corrected chi connectivity index (χ2v) is 7.06. The average Bonchev–Trinajstić information content (AvgIpc) is 3.42. The van der Waals surface area contributed by atoms with Crippen LogP contribution in [0.2, 0.25) is 0 Å². The van der Waals surface area contributed by atoms with E-state index in [2.05, 4.69) is 27.0 Å². The molecule has 2 saturated heterocycles. The lowest BCUT2D eigenvalue weighted by atomic mass is 10.0. The number of hydrogen-bond donors (Lipinski definition) is 2. The van der Waals surface area contributed by atoms with E-state index in [0.717, 1.165) is 45.6 Å². The van der Waals surface area contributed by atoms with Crippen molar-refractivity contribution in [2.45, 2.75) is 37.8 Å². The van der Waals surface area contributed by atoms with Gasteiger partial charge < -0.3 is 15.4 Å². The lowest BCUT2D eigenvalue weighted by Gasteiger charge is -2.22. The third-order valence-corrected chi connectivity index (χ3v) is 5.19. The van der Waals surface area contributed by atoms with E-state index in [1.54, 1.807) is 6.20 Å². The highest BCUT2D eigenvalue weighted by Crippen LogP contribution is 2.24. The van der Waals surface area contributed by atoms with E-state index in [1.165, 1.54) is 5.56 Å². The molecule has 2 aromatic heterocycles. The fourth-order valence-electron chi connectivity index (χ4n) is 3.61. The monoisotopic (exact) mass is 358 g/mol. The molecular weight excluding hydrogens is 332 g/mol. The van der Waals surface area contributed by atoms with Crippen LogP contribution in [0.1, 0.15) is 47.1 Å². The first-order chi connectivity index (χ1) is 12.8. The molecule has 8 nitrogen and oxygen atoms in total. The summed E-state index contributed by atoms with van der Waals surface area (Å²) >= 11 is 0. The van der Waals surface area contributed by atoms with Gasteiger partial charge in [-0.15, -0.1) is 0 Å². The van der Waals surface area contributed by atoms with E-state index in [9.17, 15) is 4.79 Å². The first-order valence-corrected chi connectivity index (χ1v) is 9.43. The summed E-state index contributed by atoms with van der Waals surface area (Å²) in [5.41, 5.74) is 1.83. The molecule has 0 spiro atoms. The Morgan fingerprint density at radius 1 is 1.31 bits per heavy atom. The number of hydrogen-bond acceptors (Lipinski definition) is 5. The number of carbonyl (C=O) groups is 1. The minimum Gasteiger partial charge on any atom is -0.381 e. The van der Waals surface area contributed by atoms with Crippen LogP contribution in [-0.4, -0.2) is 58.3 Å². The number of amides is 1. The summed E-state index contributed by atoms with van der Waals surface area (Å²) < 4.78 is 9.21. The van der Waals surface area contributed by atoms with Crippen LogP contribution in [0.25, 0.3) is 0 Å². The number of carbonyl (C=O) groups excluding carboxylic acids is 1. The second kappa shape index (κ2) is 8.01. The average molecular weight is 358 g/mol. The molecule has 2 N–H and O–H groups in total. The van der Waals surface area contributed by atoms with Crippen LogP contribution in [0.15, 0.2) is 24.8 Å². The van der Waals surface area contributed by atoms with Crippen molar-refractivity contribution >= 4 is 5.91 Å². The van der Waals surface area contributed by atoms with Crippen molar-refractivity contribution in [2.24, 2.45) is 0 Å². The standard InChI is InChI=1S/C18H26N6O2/c25-18(16-9-22-24(12-16)17-2-1-4-19-10-17)20-5-6-23-11-15(8-21-23)14-3-7-26-13-14/h8-9,11-12,14,17,19H,1-7,10,13H2,(H,20,25)/t14-,17-/m0/s1. The van der Waals surface area contributed by atoms with Crippen molar-refractivity contribution in [3.8, 4) is 0 Å². The molecule has 2 atom stereocenters. The Hall–Kier alpha value is -2.19. The van der Waals surface area contributed by atoms with Crippen LogP contribution in [0.4, 0.5) is 0 Å². The molecule has 0 radical (unpaired) electrons.